The molecule has 21 heavy (non-hydrogen) atoms. The van der Waals surface area contributed by atoms with Gasteiger partial charge >= 0.3 is 0 Å². The number of hydrogen-bond acceptors (Lipinski definition) is 4. The second-order valence-electron chi connectivity index (χ2n) is 4.71. The Hall–Kier alpha value is -1.56. The number of sulfone groups is 1. The quantitative estimate of drug-likeness (QED) is 0.731. The summed E-state index contributed by atoms with van der Waals surface area (Å²) in [6.07, 6.45) is 0. The minimum atomic E-state index is -3.53. The first kappa shape index (κ1) is 14.4. The molecule has 0 radical (unpaired) electrons. The van der Waals surface area contributed by atoms with Crippen LogP contribution in [0.25, 0.3) is 10.1 Å². The number of anilines is 1. The molecule has 2 N–H and O–H groups in total. The van der Waals surface area contributed by atoms with Gasteiger partial charge in [-0.3, -0.25) is 0 Å². The fourth-order valence-electron chi connectivity index (χ4n) is 2.19. The van der Waals surface area contributed by atoms with Crippen molar-refractivity contribution in [1.29, 1.82) is 0 Å². The van der Waals surface area contributed by atoms with Gasteiger partial charge in [-0.1, -0.05) is 29.8 Å². The molecule has 0 saturated carbocycles. The van der Waals surface area contributed by atoms with Gasteiger partial charge in [0.15, 0.2) is 9.84 Å². The van der Waals surface area contributed by atoms with Crippen molar-refractivity contribution < 1.29 is 8.42 Å². The number of nitrogens with two attached hydrogens (primary N) is 1. The molecule has 3 nitrogen and oxygen atoms in total. The van der Waals surface area contributed by atoms with E-state index in [9.17, 15) is 8.42 Å². The molecule has 0 spiro atoms. The standard InChI is InChI=1S/C15H12ClNO2S2/c16-13-6-5-11(17)7-15(13)21(18,19)9-10-8-20-14-4-2-1-3-12(10)14/h1-8H,9,17H2. The molecular formula is C15H12ClNO2S2. The highest BCUT2D eigenvalue weighted by Crippen LogP contribution is 2.31. The monoisotopic (exact) mass is 337 g/mol. The molecule has 3 aromatic rings. The summed E-state index contributed by atoms with van der Waals surface area (Å²) in [6, 6.07) is 12.2. The molecule has 1 heterocycles. The van der Waals surface area contributed by atoms with Crippen LogP contribution in [0.3, 0.4) is 0 Å². The molecule has 0 aliphatic heterocycles. The van der Waals surface area contributed by atoms with Crippen molar-refractivity contribution in [3.05, 3.63) is 58.4 Å². The zero-order valence-corrected chi connectivity index (χ0v) is 13.3. The highest BCUT2D eigenvalue weighted by atomic mass is 35.5. The molecule has 6 heteroatoms. The van der Waals surface area contributed by atoms with E-state index in [2.05, 4.69) is 0 Å². The van der Waals surface area contributed by atoms with Crippen LogP contribution < -0.4 is 5.73 Å². The number of fused-ring (bicyclic) bond motifs is 1. The first-order valence-electron chi connectivity index (χ1n) is 6.20. The van der Waals surface area contributed by atoms with E-state index in [1.165, 1.54) is 23.5 Å². The van der Waals surface area contributed by atoms with Crippen LogP contribution in [0.1, 0.15) is 5.56 Å². The Labute approximate surface area is 131 Å². The zero-order valence-electron chi connectivity index (χ0n) is 10.9. The maximum atomic E-state index is 12.6. The summed E-state index contributed by atoms with van der Waals surface area (Å²) in [4.78, 5) is 0.0828. The van der Waals surface area contributed by atoms with Gasteiger partial charge in [-0.2, -0.15) is 0 Å². The normalized spacial score (nSPS) is 11.9. The van der Waals surface area contributed by atoms with Gasteiger partial charge in [0.2, 0.25) is 0 Å². The van der Waals surface area contributed by atoms with Crippen molar-refractivity contribution in [2.45, 2.75) is 10.6 Å². The van der Waals surface area contributed by atoms with Crippen molar-refractivity contribution in [1.82, 2.24) is 0 Å². The van der Waals surface area contributed by atoms with Crippen LogP contribution in [-0.2, 0) is 15.6 Å². The number of rotatable bonds is 3. The third-order valence-corrected chi connectivity index (χ3v) is 6.35. The molecule has 1 aromatic heterocycles. The molecule has 0 amide bonds. The first-order chi connectivity index (χ1) is 9.97. The predicted octanol–water partition coefficient (Wildman–Crippen LogP) is 4.11. The molecular weight excluding hydrogens is 326 g/mol. The number of nitrogen functional groups attached to an aromatic ring is 1. The minimum absolute atomic E-state index is 0.0828. The maximum Gasteiger partial charge on any atom is 0.184 e. The van der Waals surface area contributed by atoms with E-state index in [0.717, 1.165) is 15.6 Å². The van der Waals surface area contributed by atoms with Gasteiger partial charge in [0.1, 0.15) is 0 Å². The van der Waals surface area contributed by atoms with Crippen LogP contribution in [0.5, 0.6) is 0 Å². The van der Waals surface area contributed by atoms with Crippen molar-refractivity contribution in [3.8, 4) is 0 Å². The van der Waals surface area contributed by atoms with Gasteiger partial charge in [0.25, 0.3) is 0 Å². The largest absolute Gasteiger partial charge is 0.399 e. The lowest BCUT2D eigenvalue weighted by molar-refractivity contribution is 0.595. The summed E-state index contributed by atoms with van der Waals surface area (Å²) in [5.74, 6) is -0.0831. The Kier molecular flexibility index (Phi) is 3.65. The second-order valence-corrected chi connectivity index (χ2v) is 7.98. The van der Waals surface area contributed by atoms with Gasteiger partial charge in [-0.25, -0.2) is 8.42 Å². The average Bonchev–Trinajstić information content (AvgIpc) is 2.84. The fraction of sp³-hybridized carbons (Fsp3) is 0.0667. The average molecular weight is 338 g/mol. The molecule has 0 bridgehead atoms. The summed E-state index contributed by atoms with van der Waals surface area (Å²) in [7, 11) is -3.53. The molecule has 0 aliphatic rings. The lowest BCUT2D eigenvalue weighted by atomic mass is 10.2. The molecule has 0 atom stereocenters. The summed E-state index contributed by atoms with van der Waals surface area (Å²) < 4.78 is 26.2. The third kappa shape index (κ3) is 2.77. The van der Waals surface area contributed by atoms with Gasteiger partial charge in [0, 0.05) is 10.4 Å². The Balaban J connectivity index is 2.05. The molecule has 0 saturated heterocycles. The van der Waals surface area contributed by atoms with Gasteiger partial charge < -0.3 is 5.73 Å². The van der Waals surface area contributed by atoms with Crippen LogP contribution in [0.2, 0.25) is 5.02 Å². The first-order valence-corrected chi connectivity index (χ1v) is 9.11. The summed E-state index contributed by atoms with van der Waals surface area (Å²) in [6.45, 7) is 0. The SMILES string of the molecule is Nc1ccc(Cl)c(S(=O)(=O)Cc2csc3ccccc23)c1. The summed E-state index contributed by atoms with van der Waals surface area (Å²) >= 11 is 7.54. The Morgan fingerprint density at radius 1 is 1.14 bits per heavy atom. The number of benzene rings is 2. The summed E-state index contributed by atoms with van der Waals surface area (Å²) in [5.41, 5.74) is 6.84. The van der Waals surface area contributed by atoms with Crippen molar-refractivity contribution in [3.63, 3.8) is 0 Å². The second kappa shape index (κ2) is 5.33. The highest BCUT2D eigenvalue weighted by molar-refractivity contribution is 7.90. The van der Waals surface area contributed by atoms with Crippen LogP contribution in [-0.4, -0.2) is 8.42 Å². The Morgan fingerprint density at radius 2 is 1.90 bits per heavy atom. The van der Waals surface area contributed by atoms with Crippen molar-refractivity contribution in [2.75, 3.05) is 5.73 Å². The van der Waals surface area contributed by atoms with Crippen LogP contribution in [0.4, 0.5) is 5.69 Å². The number of thiophene rings is 1. The van der Waals surface area contributed by atoms with E-state index in [1.807, 2.05) is 29.6 Å². The van der Waals surface area contributed by atoms with Crippen LogP contribution in [0, 0.1) is 0 Å². The number of hydrogen-bond donors (Lipinski definition) is 1. The van der Waals surface area contributed by atoms with Gasteiger partial charge in [-0.05, 0) is 40.6 Å². The molecule has 2 aromatic carbocycles. The van der Waals surface area contributed by atoms with E-state index in [1.54, 1.807) is 6.07 Å². The lowest BCUT2D eigenvalue weighted by Gasteiger charge is -2.07. The zero-order chi connectivity index (χ0) is 15.0. The van der Waals surface area contributed by atoms with Crippen LogP contribution >= 0.6 is 22.9 Å². The van der Waals surface area contributed by atoms with Crippen molar-refractivity contribution in [2.24, 2.45) is 0 Å². The van der Waals surface area contributed by atoms with Crippen molar-refractivity contribution >= 4 is 48.5 Å². The molecule has 0 unspecified atom stereocenters. The Morgan fingerprint density at radius 3 is 2.71 bits per heavy atom. The highest BCUT2D eigenvalue weighted by Gasteiger charge is 2.20. The summed E-state index contributed by atoms with van der Waals surface area (Å²) in [5, 5.41) is 3.04. The maximum absolute atomic E-state index is 12.6. The molecule has 0 aliphatic carbocycles. The predicted molar refractivity (Wildman–Crippen MR) is 88.6 cm³/mol. The molecule has 3 rings (SSSR count). The van der Waals surface area contributed by atoms with Gasteiger partial charge in [-0.15, -0.1) is 11.3 Å². The van der Waals surface area contributed by atoms with Gasteiger partial charge in [0.05, 0.1) is 15.7 Å². The van der Waals surface area contributed by atoms with E-state index in [4.69, 9.17) is 17.3 Å². The van der Waals surface area contributed by atoms with Crippen LogP contribution in [0.15, 0.2) is 52.7 Å². The molecule has 108 valence electrons. The van der Waals surface area contributed by atoms with E-state index < -0.39 is 9.84 Å². The minimum Gasteiger partial charge on any atom is -0.399 e. The lowest BCUT2D eigenvalue weighted by Crippen LogP contribution is -2.06. The topological polar surface area (TPSA) is 60.2 Å². The third-order valence-electron chi connectivity index (χ3n) is 3.20. The van der Waals surface area contributed by atoms with E-state index >= 15 is 0 Å². The number of halogens is 1. The van der Waals surface area contributed by atoms with E-state index in [0.29, 0.717) is 5.69 Å². The van der Waals surface area contributed by atoms with E-state index in [-0.39, 0.29) is 15.7 Å². The fourth-order valence-corrected chi connectivity index (χ4v) is 5.21. The molecule has 0 fully saturated rings. The smallest absolute Gasteiger partial charge is 0.184 e. The Bertz CT molecular complexity index is 916.